The highest BCUT2D eigenvalue weighted by molar-refractivity contribution is 9.10. The first-order valence-electron chi connectivity index (χ1n) is 6.65. The van der Waals surface area contributed by atoms with Gasteiger partial charge in [-0.15, -0.1) is 0 Å². The summed E-state index contributed by atoms with van der Waals surface area (Å²) in [5.41, 5.74) is 0.117. The van der Waals surface area contributed by atoms with Crippen molar-refractivity contribution < 1.29 is 13.2 Å². The molecule has 1 fully saturated rings. The number of hydrogen-bond acceptors (Lipinski definition) is 2. The summed E-state index contributed by atoms with van der Waals surface area (Å²) in [6.07, 6.45) is -0.969. The number of hydrogen-bond donors (Lipinski definition) is 1. The maximum absolute atomic E-state index is 12.6. The van der Waals surface area contributed by atoms with Crippen LogP contribution in [0, 0.1) is 0 Å². The first kappa shape index (κ1) is 16.0. The maximum Gasteiger partial charge on any atom is 0.416 e. The molecule has 2 rings (SSSR count). The number of halogens is 4. The molecule has 1 nitrogen and oxygen atoms in total. The van der Waals surface area contributed by atoms with Crippen molar-refractivity contribution in [1.29, 1.82) is 0 Å². The lowest BCUT2D eigenvalue weighted by atomic mass is 10.1. The first-order valence-corrected chi connectivity index (χ1v) is 8.49. The van der Waals surface area contributed by atoms with Crippen LogP contribution in [0.2, 0.25) is 0 Å². The fourth-order valence-corrected chi connectivity index (χ4v) is 4.12. The first-order chi connectivity index (χ1) is 9.40. The minimum absolute atomic E-state index is 0.354. The molecule has 0 saturated heterocycles. The lowest BCUT2D eigenvalue weighted by Gasteiger charge is -2.17. The van der Waals surface area contributed by atoms with Gasteiger partial charge in [0, 0.05) is 21.5 Å². The predicted molar refractivity (Wildman–Crippen MR) is 82.3 cm³/mol. The van der Waals surface area contributed by atoms with Gasteiger partial charge in [-0.3, -0.25) is 0 Å². The molecule has 0 amide bonds. The number of anilines is 1. The quantitative estimate of drug-likeness (QED) is 0.747. The van der Waals surface area contributed by atoms with Crippen molar-refractivity contribution in [3.63, 3.8) is 0 Å². The molecule has 112 valence electrons. The molecule has 1 aliphatic carbocycles. The Morgan fingerprint density at radius 3 is 2.70 bits per heavy atom. The zero-order valence-corrected chi connectivity index (χ0v) is 13.5. The van der Waals surface area contributed by atoms with Crippen LogP contribution in [0.15, 0.2) is 22.7 Å². The number of thioether (sulfide) groups is 1. The Balaban J connectivity index is 2.01. The van der Waals surface area contributed by atoms with E-state index in [2.05, 4.69) is 28.2 Å². The van der Waals surface area contributed by atoms with Crippen LogP contribution in [0.4, 0.5) is 18.9 Å². The average Bonchev–Trinajstić information content (AvgIpc) is 2.78. The SMILES string of the molecule is CCSC1CCC(Nc2ccc(C(F)(F)F)cc2Br)C1. The zero-order valence-electron chi connectivity index (χ0n) is 11.1. The summed E-state index contributed by atoms with van der Waals surface area (Å²) in [5, 5.41) is 4.02. The lowest BCUT2D eigenvalue weighted by Crippen LogP contribution is -2.16. The van der Waals surface area contributed by atoms with Crippen LogP contribution >= 0.6 is 27.7 Å². The van der Waals surface area contributed by atoms with Crippen LogP contribution in [0.5, 0.6) is 0 Å². The molecule has 2 atom stereocenters. The van der Waals surface area contributed by atoms with Crippen molar-refractivity contribution in [2.75, 3.05) is 11.1 Å². The van der Waals surface area contributed by atoms with Gasteiger partial charge in [-0.2, -0.15) is 24.9 Å². The van der Waals surface area contributed by atoms with E-state index in [1.165, 1.54) is 12.5 Å². The Morgan fingerprint density at radius 1 is 1.35 bits per heavy atom. The fourth-order valence-electron chi connectivity index (χ4n) is 2.49. The molecule has 20 heavy (non-hydrogen) atoms. The van der Waals surface area contributed by atoms with Gasteiger partial charge in [0.05, 0.1) is 5.56 Å². The predicted octanol–water partition coefficient (Wildman–Crippen LogP) is 5.55. The topological polar surface area (TPSA) is 12.0 Å². The molecule has 1 saturated carbocycles. The lowest BCUT2D eigenvalue weighted by molar-refractivity contribution is -0.137. The van der Waals surface area contributed by atoms with E-state index in [1.54, 1.807) is 0 Å². The van der Waals surface area contributed by atoms with E-state index < -0.39 is 11.7 Å². The summed E-state index contributed by atoms with van der Waals surface area (Å²) in [6, 6.07) is 4.12. The molecule has 1 aromatic carbocycles. The van der Waals surface area contributed by atoms with Gasteiger partial charge in [0.2, 0.25) is 0 Å². The molecule has 6 heteroatoms. The molecule has 2 unspecified atom stereocenters. The third-order valence-corrected chi connectivity index (χ3v) is 5.33. The van der Waals surface area contributed by atoms with Gasteiger partial charge in [-0.1, -0.05) is 6.92 Å². The monoisotopic (exact) mass is 367 g/mol. The second kappa shape index (κ2) is 6.60. The van der Waals surface area contributed by atoms with E-state index in [1.807, 2.05) is 11.8 Å². The standard InChI is InChI=1S/C14H17BrF3NS/c1-2-20-11-5-4-10(8-11)19-13-6-3-9(7-12(13)15)14(16,17)18/h3,6-7,10-11,19H,2,4-5,8H2,1H3. The molecule has 1 N–H and O–H groups in total. The van der Waals surface area contributed by atoms with Crippen LogP contribution < -0.4 is 5.32 Å². The molecule has 0 aliphatic heterocycles. The van der Waals surface area contributed by atoms with E-state index in [4.69, 9.17) is 0 Å². The Hall–Kier alpha value is -0.360. The molecule has 0 bridgehead atoms. The summed E-state index contributed by atoms with van der Waals surface area (Å²) < 4.78 is 38.3. The fraction of sp³-hybridized carbons (Fsp3) is 0.571. The molecule has 1 aliphatic rings. The molecule has 0 spiro atoms. The van der Waals surface area contributed by atoms with Crippen LogP contribution in [0.25, 0.3) is 0 Å². The molecular formula is C14H17BrF3NS. The Morgan fingerprint density at radius 2 is 2.10 bits per heavy atom. The van der Waals surface area contributed by atoms with Crippen molar-refractivity contribution in [1.82, 2.24) is 0 Å². The van der Waals surface area contributed by atoms with Crippen LogP contribution in [-0.4, -0.2) is 17.0 Å². The van der Waals surface area contributed by atoms with Crippen molar-refractivity contribution in [2.45, 2.75) is 43.7 Å². The summed E-state index contributed by atoms with van der Waals surface area (Å²) in [6.45, 7) is 2.15. The summed E-state index contributed by atoms with van der Waals surface area (Å²) >= 11 is 5.19. The van der Waals surface area contributed by atoms with Crippen molar-refractivity contribution in [3.8, 4) is 0 Å². The normalized spacial score (nSPS) is 23.1. The Labute approximate surface area is 129 Å². The third kappa shape index (κ3) is 4.07. The van der Waals surface area contributed by atoms with E-state index in [9.17, 15) is 13.2 Å². The minimum atomic E-state index is -4.29. The Bertz CT molecular complexity index is 464. The Kier molecular flexibility index (Phi) is 5.29. The van der Waals surface area contributed by atoms with E-state index >= 15 is 0 Å². The van der Waals surface area contributed by atoms with Gasteiger partial charge in [-0.05, 0) is 59.1 Å². The maximum atomic E-state index is 12.6. The number of nitrogens with one attached hydrogen (secondary N) is 1. The van der Waals surface area contributed by atoms with E-state index in [-0.39, 0.29) is 0 Å². The molecule has 0 heterocycles. The average molecular weight is 368 g/mol. The molecule has 0 aromatic heterocycles. The van der Waals surface area contributed by atoms with Crippen LogP contribution in [0.1, 0.15) is 31.7 Å². The van der Waals surface area contributed by atoms with Crippen molar-refractivity contribution in [2.24, 2.45) is 0 Å². The van der Waals surface area contributed by atoms with Crippen molar-refractivity contribution in [3.05, 3.63) is 28.2 Å². The summed E-state index contributed by atoms with van der Waals surface area (Å²) in [5.74, 6) is 1.11. The van der Waals surface area contributed by atoms with Crippen LogP contribution in [-0.2, 0) is 6.18 Å². The van der Waals surface area contributed by atoms with Gasteiger partial charge >= 0.3 is 6.18 Å². The van der Waals surface area contributed by atoms with Gasteiger partial charge in [0.1, 0.15) is 0 Å². The smallest absolute Gasteiger partial charge is 0.381 e. The largest absolute Gasteiger partial charge is 0.416 e. The van der Waals surface area contributed by atoms with E-state index in [0.717, 1.165) is 36.4 Å². The van der Waals surface area contributed by atoms with Crippen molar-refractivity contribution >= 4 is 33.4 Å². The number of alkyl halides is 3. The molecule has 1 aromatic rings. The number of rotatable bonds is 4. The second-order valence-electron chi connectivity index (χ2n) is 4.92. The second-order valence-corrected chi connectivity index (χ2v) is 7.36. The van der Waals surface area contributed by atoms with Crippen LogP contribution in [0.3, 0.4) is 0 Å². The molecule has 0 radical (unpaired) electrons. The number of benzene rings is 1. The van der Waals surface area contributed by atoms with Gasteiger partial charge < -0.3 is 5.32 Å². The van der Waals surface area contributed by atoms with E-state index in [0.29, 0.717) is 15.8 Å². The van der Waals surface area contributed by atoms with Gasteiger partial charge in [0.25, 0.3) is 0 Å². The zero-order chi connectivity index (χ0) is 14.8. The molecular weight excluding hydrogens is 351 g/mol. The third-order valence-electron chi connectivity index (χ3n) is 3.44. The highest BCUT2D eigenvalue weighted by Gasteiger charge is 2.31. The van der Waals surface area contributed by atoms with Gasteiger partial charge in [-0.25, -0.2) is 0 Å². The summed E-state index contributed by atoms with van der Waals surface area (Å²) in [4.78, 5) is 0. The summed E-state index contributed by atoms with van der Waals surface area (Å²) in [7, 11) is 0. The highest BCUT2D eigenvalue weighted by Crippen LogP contribution is 2.36. The van der Waals surface area contributed by atoms with Gasteiger partial charge in [0.15, 0.2) is 0 Å². The minimum Gasteiger partial charge on any atom is -0.381 e. The highest BCUT2D eigenvalue weighted by atomic mass is 79.9.